The van der Waals surface area contributed by atoms with Crippen molar-refractivity contribution in [2.45, 2.75) is 65.5 Å². The van der Waals surface area contributed by atoms with Crippen molar-refractivity contribution in [1.82, 2.24) is 15.6 Å². The van der Waals surface area contributed by atoms with Crippen molar-refractivity contribution in [2.24, 2.45) is 17.6 Å². The molecular weight excluding hydrogens is 720 g/mol. The van der Waals surface area contributed by atoms with E-state index in [2.05, 4.69) is 27.5 Å². The zero-order valence-electron chi connectivity index (χ0n) is 32.6. The lowest BCUT2D eigenvalue weighted by molar-refractivity contribution is -0.148. The van der Waals surface area contributed by atoms with Crippen LogP contribution < -0.4 is 26.4 Å². The van der Waals surface area contributed by atoms with Gasteiger partial charge in [-0.15, -0.1) is 0 Å². The molecule has 3 aromatic rings. The molecular formula is C41H50N6O9. The number of alkyl carbamates (subject to hydrolysis) is 1. The van der Waals surface area contributed by atoms with E-state index < -0.39 is 48.1 Å². The summed E-state index contributed by atoms with van der Waals surface area (Å²) in [6.45, 7) is 12.3. The van der Waals surface area contributed by atoms with Crippen molar-refractivity contribution < 1.29 is 42.9 Å². The Kier molecular flexibility index (Phi) is 14.3. The van der Waals surface area contributed by atoms with Crippen molar-refractivity contribution in [2.75, 3.05) is 32.2 Å². The van der Waals surface area contributed by atoms with Crippen molar-refractivity contribution >= 4 is 47.4 Å². The molecule has 0 bridgehead atoms. The number of nitrogen functional groups attached to an aromatic ring is 1. The topological polar surface area (TPSA) is 221 Å². The molecule has 15 nitrogen and oxygen atoms in total. The highest BCUT2D eigenvalue weighted by Gasteiger charge is 2.30. The van der Waals surface area contributed by atoms with E-state index >= 15 is 0 Å². The molecule has 1 heterocycles. The Labute approximate surface area is 326 Å². The van der Waals surface area contributed by atoms with E-state index in [0.717, 1.165) is 12.8 Å². The van der Waals surface area contributed by atoms with Gasteiger partial charge in [-0.3, -0.25) is 15.0 Å². The number of aromatic nitrogens is 1. The first kappa shape index (κ1) is 42.5. The minimum atomic E-state index is -1.02. The largest absolute Gasteiger partial charge is 0.496 e. The number of pyridine rings is 1. The van der Waals surface area contributed by atoms with Gasteiger partial charge in [0.1, 0.15) is 42.1 Å². The maximum absolute atomic E-state index is 13.9. The van der Waals surface area contributed by atoms with Crippen LogP contribution in [-0.4, -0.2) is 79.2 Å². The molecule has 1 aromatic heterocycles. The minimum absolute atomic E-state index is 0.0522. The van der Waals surface area contributed by atoms with Crippen LogP contribution in [0, 0.1) is 17.2 Å². The van der Waals surface area contributed by atoms with Gasteiger partial charge in [0.05, 0.1) is 7.11 Å². The van der Waals surface area contributed by atoms with Crippen LogP contribution in [0.3, 0.4) is 0 Å². The molecule has 1 unspecified atom stereocenters. The fourth-order valence-corrected chi connectivity index (χ4v) is 5.42. The van der Waals surface area contributed by atoms with Gasteiger partial charge < -0.3 is 40.6 Å². The Balaban J connectivity index is 1.64. The SMILES string of the molecule is C=Cc1cc(C(=O)Nc2ccc(C(=N)N)cc2)c(-c2ccc(C(=O)NCC3CC3)nc2C(=O)OCCOC(=O)[C@@H](NC(=O)OC(C)(C)C)C(C)CC)cc1OC. The molecule has 6 N–H and O–H groups in total. The third-order valence-electron chi connectivity index (χ3n) is 8.85. The summed E-state index contributed by atoms with van der Waals surface area (Å²) in [6, 6.07) is 11.4. The van der Waals surface area contributed by atoms with Crippen molar-refractivity contribution in [3.63, 3.8) is 0 Å². The Morgan fingerprint density at radius 1 is 1.00 bits per heavy atom. The number of nitrogens with two attached hydrogens (primary N) is 1. The molecule has 2 aromatic carbocycles. The first-order valence-corrected chi connectivity index (χ1v) is 18.3. The molecule has 0 saturated heterocycles. The smallest absolute Gasteiger partial charge is 0.408 e. The maximum atomic E-state index is 13.9. The predicted octanol–water partition coefficient (Wildman–Crippen LogP) is 5.72. The van der Waals surface area contributed by atoms with Gasteiger partial charge in [-0.05, 0) is 94.0 Å². The highest BCUT2D eigenvalue weighted by atomic mass is 16.6. The lowest BCUT2D eigenvalue weighted by Crippen LogP contribution is -2.47. The number of nitrogens with one attached hydrogen (secondary N) is 4. The lowest BCUT2D eigenvalue weighted by atomic mass is 9.94. The van der Waals surface area contributed by atoms with Gasteiger partial charge in [-0.2, -0.15) is 0 Å². The molecule has 0 spiro atoms. The van der Waals surface area contributed by atoms with Crippen LogP contribution in [0.2, 0.25) is 0 Å². The number of nitrogens with zero attached hydrogens (tertiary/aromatic N) is 1. The summed E-state index contributed by atoms with van der Waals surface area (Å²) in [4.78, 5) is 70.8. The third-order valence-corrected chi connectivity index (χ3v) is 8.85. The Morgan fingerprint density at radius 3 is 2.27 bits per heavy atom. The third kappa shape index (κ3) is 11.6. The van der Waals surface area contributed by atoms with Crippen LogP contribution >= 0.6 is 0 Å². The van der Waals surface area contributed by atoms with Crippen LogP contribution in [-0.2, 0) is 19.0 Å². The van der Waals surface area contributed by atoms with Crippen LogP contribution in [0.4, 0.5) is 10.5 Å². The van der Waals surface area contributed by atoms with Gasteiger partial charge in [0, 0.05) is 40.0 Å². The van der Waals surface area contributed by atoms with Crippen LogP contribution in [0.25, 0.3) is 17.2 Å². The quantitative estimate of drug-likeness (QED) is 0.0368. The van der Waals surface area contributed by atoms with Gasteiger partial charge >= 0.3 is 18.0 Å². The molecule has 1 saturated carbocycles. The Bertz CT molecular complexity index is 1970. The van der Waals surface area contributed by atoms with Gasteiger partial charge in [-0.1, -0.05) is 32.9 Å². The van der Waals surface area contributed by atoms with E-state index in [9.17, 15) is 24.0 Å². The molecule has 4 rings (SSSR count). The number of rotatable bonds is 17. The zero-order valence-corrected chi connectivity index (χ0v) is 32.6. The number of amides is 3. The molecule has 15 heteroatoms. The number of esters is 2. The summed E-state index contributed by atoms with van der Waals surface area (Å²) in [7, 11) is 1.44. The van der Waals surface area contributed by atoms with E-state index in [1.165, 1.54) is 25.3 Å². The zero-order chi connectivity index (χ0) is 41.2. The maximum Gasteiger partial charge on any atom is 0.408 e. The summed E-state index contributed by atoms with van der Waals surface area (Å²) in [6.07, 6.45) is 3.31. The first-order valence-electron chi connectivity index (χ1n) is 18.3. The summed E-state index contributed by atoms with van der Waals surface area (Å²) in [5.74, 6) is -2.45. The van der Waals surface area contributed by atoms with Crippen LogP contribution in [0.5, 0.6) is 5.75 Å². The molecule has 1 aliphatic rings. The van der Waals surface area contributed by atoms with Crippen LogP contribution in [0.15, 0.2) is 55.1 Å². The van der Waals surface area contributed by atoms with Crippen molar-refractivity contribution in [3.05, 3.63) is 83.2 Å². The van der Waals surface area contributed by atoms with E-state index in [1.54, 1.807) is 64.1 Å². The van der Waals surface area contributed by atoms with Crippen LogP contribution in [0.1, 0.15) is 96.3 Å². The normalized spacial score (nSPS) is 13.3. The second kappa shape index (κ2) is 18.9. The number of ether oxygens (including phenoxy) is 4. The monoisotopic (exact) mass is 770 g/mol. The summed E-state index contributed by atoms with van der Waals surface area (Å²) < 4.78 is 21.8. The molecule has 298 valence electrons. The highest BCUT2D eigenvalue weighted by Crippen LogP contribution is 2.35. The number of methoxy groups -OCH3 is 1. The first-order chi connectivity index (χ1) is 26.5. The van der Waals surface area contributed by atoms with Crippen molar-refractivity contribution in [1.29, 1.82) is 5.41 Å². The number of carbonyl (C=O) groups is 5. The molecule has 56 heavy (non-hydrogen) atoms. The molecule has 1 aliphatic carbocycles. The number of hydrogen-bond donors (Lipinski definition) is 5. The molecule has 1 fully saturated rings. The van der Waals surface area contributed by atoms with E-state index in [1.807, 2.05) is 6.92 Å². The second-order valence-electron chi connectivity index (χ2n) is 14.3. The van der Waals surface area contributed by atoms with Gasteiger partial charge in [-0.25, -0.2) is 19.4 Å². The summed E-state index contributed by atoms with van der Waals surface area (Å²) >= 11 is 0. The standard InChI is InChI=1S/C41H50N6O9/c1-8-23(3)33(47-40(52)56-41(4,5)6)38(50)54-18-19-55-39(51)34-28(16-17-31(46-34)37(49)44-22-24-10-11-24)29-21-32(53-7)25(9-2)20-30(29)36(48)45-27-14-12-26(13-15-27)35(42)43/h9,12-17,20-21,23-24,33H,2,8,10-11,18-19,22H2,1,3-7H3,(H3,42,43)(H,44,49)(H,45,48)(H,47,52)/t23?,33-/m0/s1. The second-order valence-corrected chi connectivity index (χ2v) is 14.3. The fourth-order valence-electron chi connectivity index (χ4n) is 5.42. The van der Waals surface area contributed by atoms with E-state index in [4.69, 9.17) is 30.1 Å². The minimum Gasteiger partial charge on any atom is -0.496 e. The average molecular weight is 771 g/mol. The van der Waals surface area contributed by atoms with Gasteiger partial charge in [0.15, 0.2) is 5.69 Å². The Morgan fingerprint density at radius 2 is 1.68 bits per heavy atom. The predicted molar refractivity (Wildman–Crippen MR) is 211 cm³/mol. The van der Waals surface area contributed by atoms with Crippen molar-refractivity contribution in [3.8, 4) is 16.9 Å². The fraction of sp³-hybridized carbons (Fsp3) is 0.390. The number of anilines is 1. The summed E-state index contributed by atoms with van der Waals surface area (Å²) in [5, 5.41) is 15.9. The van der Waals surface area contributed by atoms with Gasteiger partial charge in [0.2, 0.25) is 0 Å². The number of hydrogen-bond acceptors (Lipinski definition) is 11. The average Bonchev–Trinajstić information content (AvgIpc) is 4.00. The number of carbonyl (C=O) groups excluding carboxylic acids is 5. The highest BCUT2D eigenvalue weighted by molar-refractivity contribution is 6.11. The Hall–Kier alpha value is -6.25. The molecule has 3 amide bonds. The number of amidine groups is 1. The van der Waals surface area contributed by atoms with E-state index in [-0.39, 0.29) is 46.4 Å². The van der Waals surface area contributed by atoms with Gasteiger partial charge in [0.25, 0.3) is 11.8 Å². The number of benzene rings is 2. The van der Waals surface area contributed by atoms with E-state index in [0.29, 0.717) is 41.4 Å². The molecule has 0 aliphatic heterocycles. The molecule has 2 atom stereocenters. The lowest BCUT2D eigenvalue weighted by Gasteiger charge is -2.25. The molecule has 0 radical (unpaired) electrons. The summed E-state index contributed by atoms with van der Waals surface area (Å²) in [5.41, 5.74) is 6.32.